The second-order valence-corrected chi connectivity index (χ2v) is 5.68. The molecule has 2 amide bonds. The molecule has 1 aliphatic heterocycles. The van der Waals surface area contributed by atoms with Crippen molar-refractivity contribution in [2.75, 3.05) is 20.1 Å². The Kier molecular flexibility index (Phi) is 5.00. The van der Waals surface area contributed by atoms with Crippen LogP contribution in [0, 0.1) is 0 Å². The van der Waals surface area contributed by atoms with Crippen LogP contribution in [0.15, 0.2) is 12.4 Å². The van der Waals surface area contributed by atoms with Crippen molar-refractivity contribution in [2.24, 2.45) is 0 Å². The van der Waals surface area contributed by atoms with Crippen LogP contribution in [0.3, 0.4) is 0 Å². The summed E-state index contributed by atoms with van der Waals surface area (Å²) in [5.41, 5.74) is 1.20. The molecule has 0 radical (unpaired) electrons. The van der Waals surface area contributed by atoms with Crippen LogP contribution in [0.2, 0.25) is 0 Å². The maximum absolute atomic E-state index is 11.9. The van der Waals surface area contributed by atoms with Crippen molar-refractivity contribution in [2.45, 2.75) is 45.3 Å². The zero-order chi connectivity index (χ0) is 14.5. The van der Waals surface area contributed by atoms with E-state index < -0.39 is 0 Å². The molecule has 6 heteroatoms. The SMILES string of the molecule is CNCc1cnn(C2CCN(C(=O)NC(C)C)CC2)c1. The fourth-order valence-corrected chi connectivity index (χ4v) is 2.54. The summed E-state index contributed by atoms with van der Waals surface area (Å²) in [4.78, 5) is 13.8. The molecule has 0 aromatic carbocycles. The average Bonchev–Trinajstić information content (AvgIpc) is 2.87. The molecule has 112 valence electrons. The third-order valence-corrected chi connectivity index (χ3v) is 3.57. The molecular weight excluding hydrogens is 254 g/mol. The molecule has 1 aromatic heterocycles. The summed E-state index contributed by atoms with van der Waals surface area (Å²) < 4.78 is 2.05. The van der Waals surface area contributed by atoms with Crippen LogP contribution in [-0.2, 0) is 6.54 Å². The fraction of sp³-hybridized carbons (Fsp3) is 0.714. The second kappa shape index (κ2) is 6.74. The number of aromatic nitrogens is 2. The highest BCUT2D eigenvalue weighted by Gasteiger charge is 2.24. The minimum absolute atomic E-state index is 0.0507. The molecule has 0 aliphatic carbocycles. The summed E-state index contributed by atoms with van der Waals surface area (Å²) in [6.07, 6.45) is 5.94. The highest BCUT2D eigenvalue weighted by molar-refractivity contribution is 5.74. The van der Waals surface area contributed by atoms with Crippen LogP contribution in [0.1, 0.15) is 38.3 Å². The van der Waals surface area contributed by atoms with E-state index in [-0.39, 0.29) is 12.1 Å². The highest BCUT2D eigenvalue weighted by atomic mass is 16.2. The van der Waals surface area contributed by atoms with Crippen molar-refractivity contribution in [1.82, 2.24) is 25.3 Å². The Labute approximate surface area is 120 Å². The summed E-state index contributed by atoms with van der Waals surface area (Å²) in [7, 11) is 1.93. The molecule has 0 spiro atoms. The number of hydrogen-bond donors (Lipinski definition) is 2. The topological polar surface area (TPSA) is 62.2 Å². The lowest BCUT2D eigenvalue weighted by atomic mass is 10.1. The normalized spacial score (nSPS) is 16.7. The summed E-state index contributed by atoms with van der Waals surface area (Å²) in [6, 6.07) is 0.647. The molecule has 6 nitrogen and oxygen atoms in total. The molecular formula is C14H25N5O. The van der Waals surface area contributed by atoms with Gasteiger partial charge in [-0.3, -0.25) is 4.68 Å². The molecule has 1 saturated heterocycles. The first-order chi connectivity index (χ1) is 9.60. The van der Waals surface area contributed by atoms with Gasteiger partial charge >= 0.3 is 6.03 Å². The van der Waals surface area contributed by atoms with E-state index in [0.717, 1.165) is 32.5 Å². The molecule has 1 fully saturated rings. The zero-order valence-corrected chi connectivity index (χ0v) is 12.6. The van der Waals surface area contributed by atoms with Gasteiger partial charge in [0.1, 0.15) is 0 Å². The van der Waals surface area contributed by atoms with E-state index in [4.69, 9.17) is 0 Å². The lowest BCUT2D eigenvalue weighted by molar-refractivity contribution is 0.166. The number of nitrogens with one attached hydrogen (secondary N) is 2. The summed E-state index contributed by atoms with van der Waals surface area (Å²) >= 11 is 0. The van der Waals surface area contributed by atoms with Crippen LogP contribution in [0.4, 0.5) is 4.79 Å². The Hall–Kier alpha value is -1.56. The van der Waals surface area contributed by atoms with Gasteiger partial charge in [0.15, 0.2) is 0 Å². The Morgan fingerprint density at radius 1 is 1.45 bits per heavy atom. The number of hydrogen-bond acceptors (Lipinski definition) is 3. The number of carbonyl (C=O) groups is 1. The van der Waals surface area contributed by atoms with Crippen LogP contribution >= 0.6 is 0 Å². The Morgan fingerprint density at radius 2 is 2.15 bits per heavy atom. The largest absolute Gasteiger partial charge is 0.336 e. The molecule has 2 rings (SSSR count). The quantitative estimate of drug-likeness (QED) is 0.874. The molecule has 20 heavy (non-hydrogen) atoms. The predicted octanol–water partition coefficient (Wildman–Crippen LogP) is 1.36. The Morgan fingerprint density at radius 3 is 2.75 bits per heavy atom. The van der Waals surface area contributed by atoms with Gasteiger partial charge in [0, 0.05) is 37.4 Å². The van der Waals surface area contributed by atoms with Crippen molar-refractivity contribution in [3.63, 3.8) is 0 Å². The number of piperidine rings is 1. The molecule has 1 aliphatic rings. The van der Waals surface area contributed by atoms with Gasteiger partial charge in [-0.2, -0.15) is 5.10 Å². The lowest BCUT2D eigenvalue weighted by Gasteiger charge is -2.32. The number of carbonyl (C=O) groups excluding carboxylic acids is 1. The van der Waals surface area contributed by atoms with Crippen molar-refractivity contribution in [1.29, 1.82) is 0 Å². The third kappa shape index (κ3) is 3.72. The number of likely N-dealkylation sites (tertiary alicyclic amines) is 1. The van der Waals surface area contributed by atoms with Gasteiger partial charge in [-0.1, -0.05) is 0 Å². The van der Waals surface area contributed by atoms with E-state index in [1.54, 1.807) is 0 Å². The lowest BCUT2D eigenvalue weighted by Crippen LogP contribution is -2.46. The second-order valence-electron chi connectivity index (χ2n) is 5.68. The first kappa shape index (κ1) is 14.8. The summed E-state index contributed by atoms with van der Waals surface area (Å²) in [5, 5.41) is 10.5. The molecule has 1 aromatic rings. The minimum Gasteiger partial charge on any atom is -0.336 e. The number of urea groups is 1. The number of nitrogens with zero attached hydrogens (tertiary/aromatic N) is 3. The molecule has 0 bridgehead atoms. The van der Waals surface area contributed by atoms with E-state index in [2.05, 4.69) is 21.9 Å². The van der Waals surface area contributed by atoms with Crippen molar-refractivity contribution < 1.29 is 4.79 Å². The van der Waals surface area contributed by atoms with E-state index in [9.17, 15) is 4.79 Å². The van der Waals surface area contributed by atoms with Crippen molar-refractivity contribution in [3.05, 3.63) is 18.0 Å². The van der Waals surface area contributed by atoms with Crippen LogP contribution in [-0.4, -0.2) is 46.9 Å². The monoisotopic (exact) mass is 279 g/mol. The fourth-order valence-electron chi connectivity index (χ4n) is 2.54. The van der Waals surface area contributed by atoms with Gasteiger partial charge in [0.25, 0.3) is 0 Å². The molecule has 0 atom stereocenters. The predicted molar refractivity (Wildman–Crippen MR) is 78.5 cm³/mol. The molecule has 0 saturated carbocycles. The smallest absolute Gasteiger partial charge is 0.317 e. The van der Waals surface area contributed by atoms with Crippen molar-refractivity contribution in [3.8, 4) is 0 Å². The third-order valence-electron chi connectivity index (χ3n) is 3.57. The van der Waals surface area contributed by atoms with E-state index in [1.165, 1.54) is 5.56 Å². The van der Waals surface area contributed by atoms with Gasteiger partial charge in [-0.15, -0.1) is 0 Å². The van der Waals surface area contributed by atoms with E-state index in [1.807, 2.05) is 36.7 Å². The van der Waals surface area contributed by atoms with Gasteiger partial charge in [-0.25, -0.2) is 4.79 Å². The average molecular weight is 279 g/mol. The van der Waals surface area contributed by atoms with Gasteiger partial charge in [-0.05, 0) is 33.7 Å². The first-order valence-electron chi connectivity index (χ1n) is 7.33. The van der Waals surface area contributed by atoms with Gasteiger partial charge < -0.3 is 15.5 Å². The maximum Gasteiger partial charge on any atom is 0.317 e. The van der Waals surface area contributed by atoms with Gasteiger partial charge in [0.05, 0.1) is 12.2 Å². The summed E-state index contributed by atoms with van der Waals surface area (Å²) in [6.45, 7) is 6.40. The molecule has 2 heterocycles. The standard InChI is InChI=1S/C14H25N5O/c1-11(2)17-14(20)18-6-4-13(5-7-18)19-10-12(8-15-3)9-16-19/h9-11,13,15H,4-8H2,1-3H3,(H,17,20). The van der Waals surface area contributed by atoms with E-state index in [0.29, 0.717) is 6.04 Å². The van der Waals surface area contributed by atoms with E-state index >= 15 is 0 Å². The highest BCUT2D eigenvalue weighted by Crippen LogP contribution is 2.22. The van der Waals surface area contributed by atoms with Gasteiger partial charge in [0.2, 0.25) is 0 Å². The summed E-state index contributed by atoms with van der Waals surface area (Å²) in [5.74, 6) is 0. The maximum atomic E-state index is 11.9. The Balaban J connectivity index is 1.85. The van der Waals surface area contributed by atoms with Crippen LogP contribution in [0.25, 0.3) is 0 Å². The minimum atomic E-state index is 0.0507. The molecule has 2 N–H and O–H groups in total. The first-order valence-corrected chi connectivity index (χ1v) is 7.33. The Bertz CT molecular complexity index is 435. The number of amides is 2. The van der Waals surface area contributed by atoms with Crippen molar-refractivity contribution >= 4 is 6.03 Å². The van der Waals surface area contributed by atoms with Crippen LogP contribution < -0.4 is 10.6 Å². The molecule has 0 unspecified atom stereocenters. The zero-order valence-electron chi connectivity index (χ0n) is 12.6. The van der Waals surface area contributed by atoms with Crippen LogP contribution in [0.5, 0.6) is 0 Å². The number of rotatable bonds is 4.